The summed E-state index contributed by atoms with van der Waals surface area (Å²) in [7, 11) is 0. The molecule has 1 unspecified atom stereocenters. The van der Waals surface area contributed by atoms with E-state index < -0.39 is 41.0 Å². The van der Waals surface area contributed by atoms with E-state index in [1.165, 1.54) is 17.0 Å². The van der Waals surface area contributed by atoms with Crippen LogP contribution in [0, 0.1) is 11.7 Å². The monoisotopic (exact) mass is 565 g/mol. The number of hydrogen-bond donors (Lipinski definition) is 2. The summed E-state index contributed by atoms with van der Waals surface area (Å²) in [6.45, 7) is -0.339. The number of anilines is 1. The molecule has 5 aliphatic rings. The molecule has 200 valence electrons. The van der Waals surface area contributed by atoms with E-state index in [2.05, 4.69) is 10.6 Å². The van der Waals surface area contributed by atoms with Crippen LogP contribution in [0.3, 0.4) is 0 Å². The minimum absolute atomic E-state index is 0.0362. The Hall–Kier alpha value is -3.11. The molecule has 2 aromatic carbocycles. The first-order valence-corrected chi connectivity index (χ1v) is 12.9. The average Bonchev–Trinajstić information content (AvgIpc) is 3.57. The van der Waals surface area contributed by atoms with Crippen molar-refractivity contribution in [2.75, 3.05) is 18.1 Å². The second kappa shape index (κ2) is 8.98. The number of halogens is 4. The Labute approximate surface area is 226 Å². The number of alkyl halides is 1. The van der Waals surface area contributed by atoms with Crippen molar-refractivity contribution in [2.24, 2.45) is 5.92 Å². The Kier molecular flexibility index (Phi) is 5.95. The Morgan fingerprint density at radius 1 is 1.08 bits per heavy atom. The summed E-state index contributed by atoms with van der Waals surface area (Å²) in [5.74, 6) is -1.97. The Bertz CT molecular complexity index is 1340. The molecule has 8 nitrogen and oxygen atoms in total. The number of rotatable bonds is 7. The van der Waals surface area contributed by atoms with Gasteiger partial charge in [0.05, 0.1) is 23.2 Å². The zero-order valence-corrected chi connectivity index (χ0v) is 21.5. The first-order chi connectivity index (χ1) is 18.1. The molecular formula is C26H23Cl2F2N3O5. The van der Waals surface area contributed by atoms with Crippen molar-refractivity contribution in [1.82, 2.24) is 10.6 Å². The van der Waals surface area contributed by atoms with Gasteiger partial charge in [0, 0.05) is 22.2 Å². The molecule has 1 heterocycles. The quantitative estimate of drug-likeness (QED) is 0.535. The fourth-order valence-corrected chi connectivity index (χ4v) is 5.95. The molecule has 0 aromatic heterocycles. The lowest BCUT2D eigenvalue weighted by Crippen LogP contribution is -2.84. The number of ether oxygens (including phenoxy) is 2. The van der Waals surface area contributed by atoms with Crippen LogP contribution in [0.5, 0.6) is 11.5 Å². The van der Waals surface area contributed by atoms with Crippen molar-refractivity contribution in [3.05, 3.63) is 52.3 Å². The number of benzene rings is 2. The van der Waals surface area contributed by atoms with Gasteiger partial charge in [-0.25, -0.2) is 8.78 Å². The third-order valence-electron chi connectivity index (χ3n) is 7.50. The van der Waals surface area contributed by atoms with Gasteiger partial charge in [-0.3, -0.25) is 14.4 Å². The SMILES string of the molecule is O=C(COc1ccc(Cl)c(F)c1)NC12CC(NC(=O)C3CN(C(=O)[C@H]4C[C@@H]4F)c4cc(Cl)ccc4O3)(C1)C2. The van der Waals surface area contributed by atoms with Crippen molar-refractivity contribution in [3.63, 3.8) is 0 Å². The minimum Gasteiger partial charge on any atom is -0.484 e. The third kappa shape index (κ3) is 4.53. The summed E-state index contributed by atoms with van der Waals surface area (Å²) in [5, 5.41) is 6.30. The van der Waals surface area contributed by atoms with Gasteiger partial charge in [0.2, 0.25) is 5.91 Å². The smallest absolute Gasteiger partial charge is 0.263 e. The molecule has 2 aromatic rings. The fraction of sp³-hybridized carbons (Fsp3) is 0.423. The summed E-state index contributed by atoms with van der Waals surface area (Å²) < 4.78 is 38.4. The minimum atomic E-state index is -1.18. The van der Waals surface area contributed by atoms with Gasteiger partial charge in [0.1, 0.15) is 23.5 Å². The zero-order chi connectivity index (χ0) is 26.8. The molecule has 0 radical (unpaired) electrons. The van der Waals surface area contributed by atoms with Crippen molar-refractivity contribution < 1.29 is 32.6 Å². The van der Waals surface area contributed by atoms with Crippen LogP contribution in [0.2, 0.25) is 10.0 Å². The largest absolute Gasteiger partial charge is 0.484 e. The number of carbonyl (C=O) groups excluding carboxylic acids is 3. The van der Waals surface area contributed by atoms with Gasteiger partial charge in [-0.05, 0) is 56.0 Å². The lowest BCUT2D eigenvalue weighted by Gasteiger charge is -2.70. The normalized spacial score (nSPS) is 30.1. The number of nitrogens with one attached hydrogen (secondary N) is 2. The summed E-state index contributed by atoms with van der Waals surface area (Å²) in [4.78, 5) is 39.8. The van der Waals surface area contributed by atoms with Gasteiger partial charge in [-0.1, -0.05) is 23.2 Å². The molecule has 3 amide bonds. The molecule has 0 saturated heterocycles. The Morgan fingerprint density at radius 2 is 1.79 bits per heavy atom. The summed E-state index contributed by atoms with van der Waals surface area (Å²) in [6, 6.07) is 8.68. The van der Waals surface area contributed by atoms with Crippen LogP contribution >= 0.6 is 23.2 Å². The van der Waals surface area contributed by atoms with Gasteiger partial charge in [0.15, 0.2) is 12.7 Å². The van der Waals surface area contributed by atoms with Gasteiger partial charge < -0.3 is 25.0 Å². The number of nitrogens with zero attached hydrogens (tertiary/aromatic N) is 1. The van der Waals surface area contributed by atoms with E-state index in [0.29, 0.717) is 35.7 Å². The molecule has 4 saturated carbocycles. The topological polar surface area (TPSA) is 97.0 Å². The maximum absolute atomic E-state index is 13.6. The highest BCUT2D eigenvalue weighted by Crippen LogP contribution is 2.60. The molecule has 4 aliphatic carbocycles. The van der Waals surface area contributed by atoms with E-state index in [1.807, 2.05) is 0 Å². The summed E-state index contributed by atoms with van der Waals surface area (Å²) in [5.41, 5.74) is -0.481. The molecular weight excluding hydrogens is 543 g/mol. The third-order valence-corrected chi connectivity index (χ3v) is 8.04. The standard InChI is InChI=1S/C26H23Cl2F2N3O5/c27-13-1-4-20-19(5-13)33(24(36)15-7-17(15)29)8-21(38-20)23(35)32-26-10-25(11-26,12-26)31-22(34)9-37-14-2-3-16(28)18(30)6-14/h1-6,15,17,21H,7-12H2,(H,31,34)(H,32,35)/t15-,17-,21?,25?,26?/m0/s1. The molecule has 7 rings (SSSR count). The predicted octanol–water partition coefficient (Wildman–Crippen LogP) is 3.57. The van der Waals surface area contributed by atoms with E-state index in [-0.39, 0.29) is 42.2 Å². The highest BCUT2D eigenvalue weighted by atomic mass is 35.5. The lowest BCUT2D eigenvalue weighted by molar-refractivity contribution is -0.153. The summed E-state index contributed by atoms with van der Waals surface area (Å²) >= 11 is 11.7. The average molecular weight is 566 g/mol. The Morgan fingerprint density at radius 3 is 2.47 bits per heavy atom. The molecule has 38 heavy (non-hydrogen) atoms. The number of carbonyl (C=O) groups is 3. The van der Waals surface area contributed by atoms with Gasteiger partial charge in [0.25, 0.3) is 11.8 Å². The fourth-order valence-electron chi connectivity index (χ4n) is 5.66. The molecule has 2 N–H and O–H groups in total. The maximum Gasteiger partial charge on any atom is 0.263 e. The van der Waals surface area contributed by atoms with Crippen molar-refractivity contribution in [2.45, 2.75) is 49.0 Å². The van der Waals surface area contributed by atoms with Gasteiger partial charge in [-0.2, -0.15) is 0 Å². The maximum atomic E-state index is 13.6. The van der Waals surface area contributed by atoms with Crippen LogP contribution in [0.1, 0.15) is 25.7 Å². The molecule has 0 spiro atoms. The molecule has 2 bridgehead atoms. The van der Waals surface area contributed by atoms with Crippen molar-refractivity contribution in [1.29, 1.82) is 0 Å². The highest BCUT2D eigenvalue weighted by Gasteiger charge is 2.69. The molecule has 3 atom stereocenters. The van der Waals surface area contributed by atoms with Crippen LogP contribution in [0.4, 0.5) is 14.5 Å². The first-order valence-electron chi connectivity index (χ1n) is 12.2. The van der Waals surface area contributed by atoms with Crippen molar-refractivity contribution in [3.8, 4) is 11.5 Å². The lowest BCUT2D eigenvalue weighted by atomic mass is 9.44. The van der Waals surface area contributed by atoms with E-state index >= 15 is 0 Å². The van der Waals surface area contributed by atoms with E-state index in [9.17, 15) is 23.2 Å². The number of amides is 3. The second-order valence-electron chi connectivity index (χ2n) is 10.5. The molecule has 1 aliphatic heterocycles. The first kappa shape index (κ1) is 25.2. The molecule has 4 fully saturated rings. The van der Waals surface area contributed by atoms with Gasteiger partial charge >= 0.3 is 0 Å². The van der Waals surface area contributed by atoms with E-state index in [0.717, 1.165) is 6.07 Å². The summed E-state index contributed by atoms with van der Waals surface area (Å²) in [6.07, 6.45) is -0.357. The molecule has 12 heteroatoms. The number of hydrogen-bond acceptors (Lipinski definition) is 5. The highest BCUT2D eigenvalue weighted by molar-refractivity contribution is 6.31. The second-order valence-corrected chi connectivity index (χ2v) is 11.4. The Balaban J connectivity index is 1.03. The van der Waals surface area contributed by atoms with Crippen LogP contribution in [-0.4, -0.2) is 54.2 Å². The van der Waals surface area contributed by atoms with Crippen LogP contribution < -0.4 is 25.0 Å². The van der Waals surface area contributed by atoms with Gasteiger partial charge in [-0.15, -0.1) is 0 Å². The van der Waals surface area contributed by atoms with Crippen LogP contribution in [0.15, 0.2) is 36.4 Å². The van der Waals surface area contributed by atoms with Crippen LogP contribution in [-0.2, 0) is 14.4 Å². The van der Waals surface area contributed by atoms with Crippen molar-refractivity contribution >= 4 is 46.6 Å². The van der Waals surface area contributed by atoms with E-state index in [1.54, 1.807) is 18.2 Å². The van der Waals surface area contributed by atoms with Crippen LogP contribution in [0.25, 0.3) is 0 Å². The number of fused-ring (bicyclic) bond motifs is 1. The predicted molar refractivity (Wildman–Crippen MR) is 134 cm³/mol. The zero-order valence-electron chi connectivity index (χ0n) is 19.9. The van der Waals surface area contributed by atoms with E-state index in [4.69, 9.17) is 32.7 Å².